The Labute approximate surface area is 278 Å². The molecule has 0 aliphatic heterocycles. The molecule has 0 unspecified atom stereocenters. The fourth-order valence-electron chi connectivity index (χ4n) is 8.03. The highest BCUT2D eigenvalue weighted by atomic mass is 16.3. The van der Waals surface area contributed by atoms with Gasteiger partial charge in [-0.1, -0.05) is 83.1 Å². The van der Waals surface area contributed by atoms with Crippen LogP contribution in [0.15, 0.2) is 0 Å². The molecule has 0 bridgehead atoms. The lowest BCUT2D eigenvalue weighted by molar-refractivity contribution is 0.00116. The van der Waals surface area contributed by atoms with Gasteiger partial charge in [-0.15, -0.1) is 0 Å². The molecule has 0 aromatic carbocycles. The summed E-state index contributed by atoms with van der Waals surface area (Å²) in [6.07, 6.45) is 20.4. The SMILES string of the molecule is CC(C)C1CCC(C)(C)CC1.CC(C)C1CCC(C)(C)CC1.CC(C)C1CCC(C)(O)CC1.CC(C)C1CCC(C)(O)CC1. The first kappa shape index (κ1) is 41.9. The van der Waals surface area contributed by atoms with E-state index in [2.05, 4.69) is 83.1 Å². The molecule has 4 aliphatic rings. The zero-order valence-corrected chi connectivity index (χ0v) is 32.8. The van der Waals surface area contributed by atoms with Gasteiger partial charge in [0.2, 0.25) is 0 Å². The maximum atomic E-state index is 9.67. The molecular formula is C42H84O2. The standard InChI is InChI=1S/2C11H22.2C10H20O/c2*1-9(2)10-5-7-11(3,4)8-6-10;2*1-8(2)9-4-6-10(3,11)7-5-9/h2*9-10H,5-8H2,1-4H3;2*8-9,11H,4-7H2,1-3H3. The van der Waals surface area contributed by atoms with Crippen molar-refractivity contribution in [3.63, 3.8) is 0 Å². The molecular weight excluding hydrogens is 536 g/mol. The third kappa shape index (κ3) is 17.2. The fourth-order valence-corrected chi connectivity index (χ4v) is 8.03. The molecule has 0 spiro atoms. The van der Waals surface area contributed by atoms with Gasteiger partial charge < -0.3 is 10.2 Å². The molecule has 264 valence electrons. The minimum atomic E-state index is -0.356. The van der Waals surface area contributed by atoms with Crippen LogP contribution in [-0.2, 0) is 0 Å². The normalized spacial score (nSPS) is 32.7. The van der Waals surface area contributed by atoms with E-state index in [9.17, 15) is 10.2 Å². The van der Waals surface area contributed by atoms with Crippen LogP contribution in [0.1, 0.15) is 200 Å². The molecule has 0 radical (unpaired) electrons. The van der Waals surface area contributed by atoms with Gasteiger partial charge in [-0.25, -0.2) is 0 Å². The van der Waals surface area contributed by atoms with E-state index in [4.69, 9.17) is 0 Å². The zero-order valence-electron chi connectivity index (χ0n) is 32.8. The summed E-state index contributed by atoms with van der Waals surface area (Å²) in [4.78, 5) is 0. The van der Waals surface area contributed by atoms with Crippen molar-refractivity contribution >= 4 is 0 Å². The van der Waals surface area contributed by atoms with Crippen LogP contribution in [-0.4, -0.2) is 21.4 Å². The molecule has 4 rings (SSSR count). The molecule has 4 saturated carbocycles. The molecule has 0 aromatic heterocycles. The molecule has 2 heteroatoms. The Morgan fingerprint density at radius 2 is 0.500 bits per heavy atom. The van der Waals surface area contributed by atoms with Crippen molar-refractivity contribution in [1.29, 1.82) is 0 Å². The number of aliphatic hydroxyl groups is 2. The highest BCUT2D eigenvalue weighted by Gasteiger charge is 2.31. The van der Waals surface area contributed by atoms with Crippen LogP contribution in [0.4, 0.5) is 0 Å². The van der Waals surface area contributed by atoms with Crippen molar-refractivity contribution < 1.29 is 10.2 Å². The Kier molecular flexibility index (Phi) is 17.6. The van der Waals surface area contributed by atoms with Gasteiger partial charge in [0.1, 0.15) is 0 Å². The van der Waals surface area contributed by atoms with Crippen molar-refractivity contribution in [2.75, 3.05) is 0 Å². The minimum absolute atomic E-state index is 0.356. The smallest absolute Gasteiger partial charge is 0.0620 e. The monoisotopic (exact) mass is 621 g/mol. The maximum Gasteiger partial charge on any atom is 0.0620 e. The van der Waals surface area contributed by atoms with E-state index in [0.29, 0.717) is 10.8 Å². The molecule has 4 aliphatic carbocycles. The van der Waals surface area contributed by atoms with E-state index in [1.807, 2.05) is 13.8 Å². The molecule has 0 saturated heterocycles. The lowest BCUT2D eigenvalue weighted by Crippen LogP contribution is -2.31. The fraction of sp³-hybridized carbons (Fsp3) is 1.00. The topological polar surface area (TPSA) is 40.5 Å². The quantitative estimate of drug-likeness (QED) is 0.328. The first-order chi connectivity index (χ1) is 20.0. The summed E-state index contributed by atoms with van der Waals surface area (Å²) in [7, 11) is 0. The Balaban J connectivity index is 0.000000293. The summed E-state index contributed by atoms with van der Waals surface area (Å²) in [5.74, 6) is 7.16. The zero-order chi connectivity index (χ0) is 33.9. The number of hydrogen-bond donors (Lipinski definition) is 2. The van der Waals surface area contributed by atoms with Crippen LogP contribution < -0.4 is 0 Å². The van der Waals surface area contributed by atoms with Gasteiger partial charge in [0.25, 0.3) is 0 Å². The molecule has 44 heavy (non-hydrogen) atoms. The van der Waals surface area contributed by atoms with Gasteiger partial charge in [0.15, 0.2) is 0 Å². The second-order valence-corrected chi connectivity index (χ2v) is 19.6. The lowest BCUT2D eigenvalue weighted by atomic mass is 9.70. The van der Waals surface area contributed by atoms with Gasteiger partial charge in [-0.2, -0.15) is 0 Å². The van der Waals surface area contributed by atoms with Gasteiger partial charge in [0, 0.05) is 0 Å². The van der Waals surface area contributed by atoms with E-state index in [1.165, 1.54) is 77.0 Å². The third-order valence-corrected chi connectivity index (χ3v) is 12.8. The second-order valence-electron chi connectivity index (χ2n) is 19.6. The van der Waals surface area contributed by atoms with Crippen molar-refractivity contribution in [1.82, 2.24) is 0 Å². The molecule has 0 aromatic rings. The van der Waals surface area contributed by atoms with Crippen molar-refractivity contribution in [3.05, 3.63) is 0 Å². The summed E-state index contributed by atoms with van der Waals surface area (Å²) in [5.41, 5.74) is 0.577. The van der Waals surface area contributed by atoms with Crippen LogP contribution in [0.3, 0.4) is 0 Å². The van der Waals surface area contributed by atoms with E-state index in [1.54, 1.807) is 0 Å². The summed E-state index contributed by atoms with van der Waals surface area (Å²) in [6, 6.07) is 0. The predicted octanol–water partition coefficient (Wildman–Crippen LogP) is 12.9. The van der Waals surface area contributed by atoms with E-state index >= 15 is 0 Å². The first-order valence-electron chi connectivity index (χ1n) is 19.5. The molecule has 2 N–H and O–H groups in total. The van der Waals surface area contributed by atoms with Gasteiger partial charge in [-0.3, -0.25) is 0 Å². The highest BCUT2D eigenvalue weighted by Crippen LogP contribution is 2.41. The van der Waals surface area contributed by atoms with E-state index in [0.717, 1.165) is 73.0 Å². The summed E-state index contributed by atoms with van der Waals surface area (Å²) < 4.78 is 0. The minimum Gasteiger partial charge on any atom is -0.390 e. The molecule has 0 heterocycles. The predicted molar refractivity (Wildman–Crippen MR) is 196 cm³/mol. The Morgan fingerprint density at radius 3 is 0.659 bits per heavy atom. The van der Waals surface area contributed by atoms with Crippen LogP contribution >= 0.6 is 0 Å². The maximum absolute atomic E-state index is 9.67. The van der Waals surface area contributed by atoms with E-state index < -0.39 is 0 Å². The van der Waals surface area contributed by atoms with Gasteiger partial charge in [-0.05, 0) is 175 Å². The highest BCUT2D eigenvalue weighted by molar-refractivity contribution is 4.84. The molecule has 0 amide bonds. The average Bonchev–Trinajstić information content (AvgIpc) is 2.89. The van der Waals surface area contributed by atoms with Crippen molar-refractivity contribution in [2.45, 2.75) is 211 Å². The van der Waals surface area contributed by atoms with Crippen molar-refractivity contribution in [2.24, 2.45) is 58.2 Å². The van der Waals surface area contributed by atoms with Crippen molar-refractivity contribution in [3.8, 4) is 0 Å². The van der Waals surface area contributed by atoms with Gasteiger partial charge in [0.05, 0.1) is 11.2 Å². The van der Waals surface area contributed by atoms with E-state index in [-0.39, 0.29) is 11.2 Å². The van der Waals surface area contributed by atoms with Crippen LogP contribution in [0.2, 0.25) is 0 Å². The molecule has 0 atom stereocenters. The summed E-state index contributed by atoms with van der Waals surface area (Å²) >= 11 is 0. The first-order valence-corrected chi connectivity index (χ1v) is 19.5. The average molecular weight is 621 g/mol. The van der Waals surface area contributed by atoms with Crippen LogP contribution in [0, 0.1) is 58.2 Å². The van der Waals surface area contributed by atoms with Gasteiger partial charge >= 0.3 is 0 Å². The lowest BCUT2D eigenvalue weighted by Gasteiger charge is -2.36. The molecule has 4 fully saturated rings. The summed E-state index contributed by atoms with van der Waals surface area (Å²) in [5, 5.41) is 19.3. The van der Waals surface area contributed by atoms with Crippen LogP contribution in [0.25, 0.3) is 0 Å². The second kappa shape index (κ2) is 18.5. The van der Waals surface area contributed by atoms with Crippen LogP contribution in [0.5, 0.6) is 0 Å². The Bertz CT molecular complexity index is 588. The number of hydrogen-bond acceptors (Lipinski definition) is 2. The Morgan fingerprint density at radius 1 is 0.341 bits per heavy atom. The largest absolute Gasteiger partial charge is 0.390 e. The summed E-state index contributed by atoms with van der Waals surface area (Å²) in [6.45, 7) is 32.1. The molecule has 2 nitrogen and oxygen atoms in total. The number of rotatable bonds is 4. The third-order valence-electron chi connectivity index (χ3n) is 12.8. The Hall–Kier alpha value is -0.0800.